The van der Waals surface area contributed by atoms with Crippen molar-refractivity contribution >= 4 is 6.03 Å². The molecule has 7 nitrogen and oxygen atoms in total. The monoisotopic (exact) mass is 359 g/mol. The first-order valence-electron chi connectivity index (χ1n) is 8.95. The fourth-order valence-corrected chi connectivity index (χ4v) is 3.05. The fraction of sp³-hybridized carbons (Fsp3) is 0.474. The molecule has 0 unspecified atom stereocenters. The molecule has 2 aromatic rings. The number of methoxy groups -OCH3 is 1. The molecule has 0 spiro atoms. The molecule has 3 N–H and O–H groups in total. The van der Waals surface area contributed by atoms with Gasteiger partial charge in [0.2, 0.25) is 5.89 Å². The van der Waals surface area contributed by atoms with Crippen LogP contribution in [0.25, 0.3) is 11.5 Å². The van der Waals surface area contributed by atoms with E-state index in [1.54, 1.807) is 13.4 Å². The Kier molecular flexibility index (Phi) is 6.12. The van der Waals surface area contributed by atoms with Crippen molar-refractivity contribution in [2.45, 2.75) is 44.2 Å². The Hall–Kier alpha value is -2.54. The molecule has 26 heavy (non-hydrogen) atoms. The van der Waals surface area contributed by atoms with Gasteiger partial charge in [-0.15, -0.1) is 0 Å². The van der Waals surface area contributed by atoms with Crippen LogP contribution in [0.1, 0.15) is 31.4 Å². The number of nitrogens with one attached hydrogen (secondary N) is 2. The van der Waals surface area contributed by atoms with Crippen molar-refractivity contribution in [3.05, 3.63) is 36.2 Å². The van der Waals surface area contributed by atoms with Gasteiger partial charge in [-0.05, 0) is 49.9 Å². The Morgan fingerprint density at radius 3 is 2.69 bits per heavy atom. The second-order valence-electron chi connectivity index (χ2n) is 6.53. The average Bonchev–Trinajstić information content (AvgIpc) is 3.12. The third kappa shape index (κ3) is 4.98. The van der Waals surface area contributed by atoms with E-state index in [1.165, 1.54) is 0 Å². The lowest BCUT2D eigenvalue weighted by Gasteiger charge is -2.26. The van der Waals surface area contributed by atoms with E-state index in [0.717, 1.165) is 42.7 Å². The molecular formula is C19H25N3O4. The fourth-order valence-electron chi connectivity index (χ4n) is 3.05. The number of hydrogen-bond donors (Lipinski definition) is 3. The largest absolute Gasteiger partial charge is 0.497 e. The van der Waals surface area contributed by atoms with Gasteiger partial charge in [0.1, 0.15) is 12.0 Å². The number of nitrogens with zero attached hydrogens (tertiary/aromatic N) is 1. The number of aromatic nitrogens is 1. The predicted octanol–water partition coefficient (Wildman–Crippen LogP) is 2.50. The molecule has 7 heteroatoms. The van der Waals surface area contributed by atoms with Crippen molar-refractivity contribution in [3.8, 4) is 17.2 Å². The number of ether oxygens (including phenoxy) is 1. The van der Waals surface area contributed by atoms with Crippen molar-refractivity contribution in [2.75, 3.05) is 13.7 Å². The number of carbonyl (C=O) groups is 1. The van der Waals surface area contributed by atoms with Crippen LogP contribution in [-0.4, -0.2) is 41.9 Å². The molecule has 3 rings (SSSR count). The Bertz CT molecular complexity index is 706. The third-order valence-corrected chi connectivity index (χ3v) is 4.59. The average molecular weight is 359 g/mol. The first kappa shape index (κ1) is 18.3. The zero-order valence-corrected chi connectivity index (χ0v) is 14.9. The molecule has 1 fully saturated rings. The van der Waals surface area contributed by atoms with Crippen molar-refractivity contribution in [1.29, 1.82) is 0 Å². The van der Waals surface area contributed by atoms with Crippen LogP contribution in [-0.2, 0) is 6.42 Å². The Morgan fingerprint density at radius 1 is 1.27 bits per heavy atom. The van der Waals surface area contributed by atoms with Gasteiger partial charge in [-0.25, -0.2) is 9.78 Å². The maximum absolute atomic E-state index is 11.9. The first-order valence-corrected chi connectivity index (χ1v) is 8.95. The maximum Gasteiger partial charge on any atom is 0.315 e. The third-order valence-electron chi connectivity index (χ3n) is 4.59. The number of urea groups is 1. The lowest BCUT2D eigenvalue weighted by atomic mass is 9.93. The first-order chi connectivity index (χ1) is 12.6. The van der Waals surface area contributed by atoms with Crippen molar-refractivity contribution in [1.82, 2.24) is 15.6 Å². The summed E-state index contributed by atoms with van der Waals surface area (Å²) >= 11 is 0. The molecule has 1 aliphatic carbocycles. The number of aliphatic hydroxyl groups is 1. The maximum atomic E-state index is 11.9. The molecule has 0 bridgehead atoms. The van der Waals surface area contributed by atoms with Gasteiger partial charge in [-0.1, -0.05) is 0 Å². The number of amides is 2. The molecule has 1 heterocycles. The smallest absolute Gasteiger partial charge is 0.315 e. The quantitative estimate of drug-likeness (QED) is 0.736. The summed E-state index contributed by atoms with van der Waals surface area (Å²) in [7, 11) is 1.62. The Balaban J connectivity index is 1.42. The van der Waals surface area contributed by atoms with Crippen LogP contribution >= 0.6 is 0 Å². The molecule has 2 amide bonds. The molecule has 0 aliphatic heterocycles. The van der Waals surface area contributed by atoms with Crippen LogP contribution in [0.3, 0.4) is 0 Å². The van der Waals surface area contributed by atoms with E-state index in [1.807, 2.05) is 24.3 Å². The number of aliphatic hydroxyl groups excluding tert-OH is 1. The number of carbonyl (C=O) groups excluding carboxylic acids is 1. The molecule has 1 aromatic heterocycles. The highest BCUT2D eigenvalue weighted by Crippen LogP contribution is 2.22. The van der Waals surface area contributed by atoms with E-state index < -0.39 is 0 Å². The highest BCUT2D eigenvalue weighted by Gasteiger charge is 2.20. The predicted molar refractivity (Wildman–Crippen MR) is 97.0 cm³/mol. The second kappa shape index (κ2) is 8.71. The zero-order valence-electron chi connectivity index (χ0n) is 14.9. The molecular weight excluding hydrogens is 334 g/mol. The SMILES string of the molecule is COc1ccc(-c2nc(CCNC(=O)NC3CCC(O)CC3)co2)cc1. The van der Waals surface area contributed by atoms with E-state index in [2.05, 4.69) is 15.6 Å². The summed E-state index contributed by atoms with van der Waals surface area (Å²) in [4.78, 5) is 16.4. The summed E-state index contributed by atoms with van der Waals surface area (Å²) in [5.41, 5.74) is 1.67. The van der Waals surface area contributed by atoms with Gasteiger partial charge in [0, 0.05) is 24.6 Å². The van der Waals surface area contributed by atoms with Gasteiger partial charge in [-0.3, -0.25) is 0 Å². The molecule has 0 atom stereocenters. The van der Waals surface area contributed by atoms with Crippen LogP contribution in [0.2, 0.25) is 0 Å². The summed E-state index contributed by atoms with van der Waals surface area (Å²) in [6, 6.07) is 7.46. The lowest BCUT2D eigenvalue weighted by Crippen LogP contribution is -2.44. The van der Waals surface area contributed by atoms with Crippen molar-refractivity contribution < 1.29 is 19.1 Å². The minimum atomic E-state index is -0.219. The highest BCUT2D eigenvalue weighted by atomic mass is 16.5. The molecule has 0 saturated heterocycles. The van der Waals surface area contributed by atoms with Gasteiger partial charge in [-0.2, -0.15) is 0 Å². The number of benzene rings is 1. The number of hydrogen-bond acceptors (Lipinski definition) is 5. The summed E-state index contributed by atoms with van der Waals surface area (Å²) in [5, 5.41) is 15.3. The summed E-state index contributed by atoms with van der Waals surface area (Å²) < 4.78 is 10.6. The molecule has 1 aromatic carbocycles. The second-order valence-corrected chi connectivity index (χ2v) is 6.53. The molecule has 1 saturated carbocycles. The van der Waals surface area contributed by atoms with Gasteiger partial charge in [0.25, 0.3) is 0 Å². The van der Waals surface area contributed by atoms with Gasteiger partial charge in [0.05, 0.1) is 18.9 Å². The zero-order chi connectivity index (χ0) is 18.4. The Morgan fingerprint density at radius 2 is 2.00 bits per heavy atom. The van der Waals surface area contributed by atoms with Gasteiger partial charge < -0.3 is 24.9 Å². The number of rotatable bonds is 6. The Labute approximate surface area is 152 Å². The van der Waals surface area contributed by atoms with Crippen LogP contribution in [0.5, 0.6) is 5.75 Å². The molecule has 140 valence electrons. The summed E-state index contributed by atoms with van der Waals surface area (Å²) in [5.74, 6) is 1.33. The summed E-state index contributed by atoms with van der Waals surface area (Å²) in [6.45, 7) is 0.482. The minimum absolute atomic E-state index is 0.145. The van der Waals surface area contributed by atoms with Crippen molar-refractivity contribution in [2.24, 2.45) is 0 Å². The van der Waals surface area contributed by atoms with E-state index in [4.69, 9.17) is 9.15 Å². The van der Waals surface area contributed by atoms with Crippen LogP contribution in [0.15, 0.2) is 34.9 Å². The van der Waals surface area contributed by atoms with Crippen LogP contribution in [0, 0.1) is 0 Å². The number of oxazole rings is 1. The normalized spacial score (nSPS) is 19.8. The highest BCUT2D eigenvalue weighted by molar-refractivity contribution is 5.74. The van der Waals surface area contributed by atoms with Crippen LogP contribution < -0.4 is 15.4 Å². The minimum Gasteiger partial charge on any atom is -0.497 e. The topological polar surface area (TPSA) is 96.6 Å². The van der Waals surface area contributed by atoms with Crippen LogP contribution in [0.4, 0.5) is 4.79 Å². The van der Waals surface area contributed by atoms with Gasteiger partial charge >= 0.3 is 6.03 Å². The van der Waals surface area contributed by atoms with E-state index in [-0.39, 0.29) is 18.2 Å². The standard InChI is InChI=1S/C19H25N3O4/c1-25-17-8-2-13(3-9-17)18-21-15(12-26-18)10-11-20-19(24)22-14-4-6-16(23)7-5-14/h2-3,8-9,12,14,16,23H,4-7,10-11H2,1H3,(H2,20,22,24). The van der Waals surface area contributed by atoms with Gasteiger partial charge in [0.15, 0.2) is 0 Å². The summed E-state index contributed by atoms with van der Waals surface area (Å²) in [6.07, 6.45) is 5.13. The lowest BCUT2D eigenvalue weighted by molar-refractivity contribution is 0.117. The van der Waals surface area contributed by atoms with E-state index in [0.29, 0.717) is 18.9 Å². The molecule has 0 radical (unpaired) electrons. The molecule has 1 aliphatic rings. The van der Waals surface area contributed by atoms with E-state index >= 15 is 0 Å². The van der Waals surface area contributed by atoms with E-state index in [9.17, 15) is 9.90 Å². The van der Waals surface area contributed by atoms with Crippen molar-refractivity contribution in [3.63, 3.8) is 0 Å².